The second-order valence-corrected chi connectivity index (χ2v) is 5.62. The van der Waals surface area contributed by atoms with E-state index in [2.05, 4.69) is 35.6 Å². The number of aromatic nitrogens is 5. The number of benzene rings is 1. The van der Waals surface area contributed by atoms with Crippen LogP contribution in [0.3, 0.4) is 0 Å². The molecule has 0 aliphatic carbocycles. The van der Waals surface area contributed by atoms with Gasteiger partial charge in [0.1, 0.15) is 5.82 Å². The van der Waals surface area contributed by atoms with Crippen molar-refractivity contribution < 1.29 is 2.85 Å². The topological polar surface area (TPSA) is 88.5 Å². The molecule has 2 aromatic heterocycles. The Labute approximate surface area is 143 Å². The molecule has 7 nitrogen and oxygen atoms in total. The van der Waals surface area contributed by atoms with E-state index in [1.807, 2.05) is 51.1 Å². The third-order valence-electron chi connectivity index (χ3n) is 3.12. The largest absolute Gasteiger partial charge is 0.352 e. The SMILES string of the molecule is Cc1ncc(Nc2nc(NC(C)C)nc(-c3ccccc3)n2)cn1.[HH].[HH]. The van der Waals surface area contributed by atoms with E-state index >= 15 is 0 Å². The van der Waals surface area contributed by atoms with Gasteiger partial charge in [-0.05, 0) is 20.8 Å². The van der Waals surface area contributed by atoms with Gasteiger partial charge in [-0.1, -0.05) is 30.3 Å². The molecule has 0 radical (unpaired) electrons. The summed E-state index contributed by atoms with van der Waals surface area (Å²) in [5.74, 6) is 2.28. The number of nitrogens with one attached hydrogen (secondary N) is 2. The molecule has 1 aromatic carbocycles. The summed E-state index contributed by atoms with van der Waals surface area (Å²) in [6.07, 6.45) is 3.40. The van der Waals surface area contributed by atoms with Crippen LogP contribution in [0.5, 0.6) is 0 Å². The normalized spacial score (nSPS) is 10.7. The van der Waals surface area contributed by atoms with E-state index in [4.69, 9.17) is 0 Å². The first-order valence-electron chi connectivity index (χ1n) is 7.74. The van der Waals surface area contributed by atoms with Crippen LogP contribution < -0.4 is 10.6 Å². The predicted octanol–water partition coefficient (Wildman–Crippen LogP) is 3.69. The summed E-state index contributed by atoms with van der Waals surface area (Å²) >= 11 is 0. The molecule has 0 saturated heterocycles. The minimum absolute atomic E-state index is 0. The lowest BCUT2D eigenvalue weighted by Gasteiger charge is -2.12. The Kier molecular flexibility index (Phi) is 4.60. The molecule has 24 heavy (non-hydrogen) atoms. The van der Waals surface area contributed by atoms with Gasteiger partial charge < -0.3 is 10.6 Å². The van der Waals surface area contributed by atoms with E-state index in [1.54, 1.807) is 12.4 Å². The number of anilines is 3. The molecule has 0 saturated carbocycles. The van der Waals surface area contributed by atoms with Crippen LogP contribution >= 0.6 is 0 Å². The summed E-state index contributed by atoms with van der Waals surface area (Å²) < 4.78 is 0. The highest BCUT2D eigenvalue weighted by Crippen LogP contribution is 2.19. The zero-order valence-electron chi connectivity index (χ0n) is 13.9. The zero-order chi connectivity index (χ0) is 16.9. The van der Waals surface area contributed by atoms with Gasteiger partial charge in [-0.2, -0.15) is 15.0 Å². The summed E-state index contributed by atoms with van der Waals surface area (Å²) in [5, 5.41) is 6.34. The molecule has 3 aromatic rings. The van der Waals surface area contributed by atoms with Crippen LogP contribution in [0, 0.1) is 6.92 Å². The second kappa shape index (κ2) is 6.99. The quantitative estimate of drug-likeness (QED) is 0.739. The summed E-state index contributed by atoms with van der Waals surface area (Å²) in [5.41, 5.74) is 1.65. The molecule has 0 aliphatic rings. The maximum atomic E-state index is 4.50. The molecule has 2 heterocycles. The van der Waals surface area contributed by atoms with Gasteiger partial charge in [-0.15, -0.1) is 0 Å². The molecule has 7 heteroatoms. The third-order valence-corrected chi connectivity index (χ3v) is 3.12. The first kappa shape index (κ1) is 15.8. The Bertz CT molecular complexity index is 811. The lowest BCUT2D eigenvalue weighted by molar-refractivity contribution is 0.869. The van der Waals surface area contributed by atoms with Crippen LogP contribution in [0.25, 0.3) is 11.4 Å². The molecular weight excluding hydrogens is 302 g/mol. The number of hydrogen-bond donors (Lipinski definition) is 2. The molecule has 3 rings (SSSR count). The van der Waals surface area contributed by atoms with Gasteiger partial charge in [0.05, 0.1) is 18.1 Å². The number of rotatable bonds is 5. The van der Waals surface area contributed by atoms with Crippen LogP contribution in [-0.4, -0.2) is 31.0 Å². The average Bonchev–Trinajstić information content (AvgIpc) is 2.57. The van der Waals surface area contributed by atoms with Gasteiger partial charge in [0.25, 0.3) is 0 Å². The molecule has 126 valence electrons. The van der Waals surface area contributed by atoms with Gasteiger partial charge in [-0.25, -0.2) is 9.97 Å². The van der Waals surface area contributed by atoms with Gasteiger partial charge in [0.15, 0.2) is 5.82 Å². The van der Waals surface area contributed by atoms with Crippen molar-refractivity contribution >= 4 is 17.6 Å². The van der Waals surface area contributed by atoms with Crippen molar-refractivity contribution in [3.63, 3.8) is 0 Å². The number of hydrogen-bond acceptors (Lipinski definition) is 7. The summed E-state index contributed by atoms with van der Waals surface area (Å²) in [6, 6.07) is 10.0. The maximum absolute atomic E-state index is 4.50. The van der Waals surface area contributed by atoms with E-state index in [-0.39, 0.29) is 8.90 Å². The van der Waals surface area contributed by atoms with E-state index < -0.39 is 0 Å². The van der Waals surface area contributed by atoms with Gasteiger partial charge >= 0.3 is 0 Å². The Hall–Kier alpha value is -3.09. The van der Waals surface area contributed by atoms with Crippen LogP contribution in [0.1, 0.15) is 22.5 Å². The van der Waals surface area contributed by atoms with Crippen LogP contribution in [0.15, 0.2) is 42.7 Å². The highest BCUT2D eigenvalue weighted by molar-refractivity contribution is 5.60. The van der Waals surface area contributed by atoms with Crippen molar-refractivity contribution in [2.45, 2.75) is 26.8 Å². The van der Waals surface area contributed by atoms with Crippen molar-refractivity contribution in [3.05, 3.63) is 48.5 Å². The Morgan fingerprint density at radius 1 is 0.917 bits per heavy atom. The molecule has 0 aliphatic heterocycles. The highest BCUT2D eigenvalue weighted by Gasteiger charge is 2.10. The lowest BCUT2D eigenvalue weighted by atomic mass is 10.2. The fourth-order valence-electron chi connectivity index (χ4n) is 2.06. The molecule has 2 N–H and O–H groups in total. The van der Waals surface area contributed by atoms with E-state index in [9.17, 15) is 0 Å². The monoisotopic (exact) mass is 325 g/mol. The third kappa shape index (κ3) is 4.01. The summed E-state index contributed by atoms with van der Waals surface area (Å²) in [7, 11) is 0. The fourth-order valence-corrected chi connectivity index (χ4v) is 2.06. The van der Waals surface area contributed by atoms with E-state index in [0.717, 1.165) is 11.3 Å². The van der Waals surface area contributed by atoms with Crippen molar-refractivity contribution in [2.24, 2.45) is 0 Å². The molecular formula is C17H23N7. The van der Waals surface area contributed by atoms with Gasteiger partial charge in [0, 0.05) is 14.5 Å². The fraction of sp³-hybridized carbons (Fsp3) is 0.235. The minimum atomic E-state index is 0. The first-order valence-corrected chi connectivity index (χ1v) is 7.74. The molecule has 0 fully saturated rings. The van der Waals surface area contributed by atoms with Crippen LogP contribution in [0.2, 0.25) is 0 Å². The molecule has 0 spiro atoms. The van der Waals surface area contributed by atoms with Crippen LogP contribution in [0.4, 0.5) is 17.6 Å². The maximum Gasteiger partial charge on any atom is 0.232 e. The molecule has 0 amide bonds. The van der Waals surface area contributed by atoms with Gasteiger partial charge in [-0.3, -0.25) is 0 Å². The van der Waals surface area contributed by atoms with Gasteiger partial charge in [0.2, 0.25) is 11.9 Å². The van der Waals surface area contributed by atoms with E-state index in [0.29, 0.717) is 23.5 Å². The zero-order valence-corrected chi connectivity index (χ0v) is 13.9. The molecule has 0 unspecified atom stereocenters. The van der Waals surface area contributed by atoms with Crippen molar-refractivity contribution in [1.82, 2.24) is 24.9 Å². The minimum Gasteiger partial charge on any atom is -0.352 e. The Balaban J connectivity index is 0.00000169. The van der Waals surface area contributed by atoms with E-state index in [1.165, 1.54) is 0 Å². The van der Waals surface area contributed by atoms with Crippen LogP contribution in [-0.2, 0) is 0 Å². The Morgan fingerprint density at radius 2 is 1.58 bits per heavy atom. The summed E-state index contributed by atoms with van der Waals surface area (Å²) in [6.45, 7) is 5.91. The lowest BCUT2D eigenvalue weighted by Crippen LogP contribution is -2.14. The number of nitrogens with zero attached hydrogens (tertiary/aromatic N) is 5. The average molecular weight is 325 g/mol. The molecule has 0 bridgehead atoms. The number of aryl methyl sites for hydroxylation is 1. The molecule has 0 atom stereocenters. The predicted molar refractivity (Wildman–Crippen MR) is 98.3 cm³/mol. The standard InChI is InChI=1S/C17H19N7.2H2/c1-11(2)20-16-22-15(13-7-5-4-6-8-13)23-17(24-16)21-14-9-18-12(3)19-10-14;;/h4-11H,1-3H3,(H2,20,21,22,23,24);2*1H. The highest BCUT2D eigenvalue weighted by atomic mass is 15.2. The van der Waals surface area contributed by atoms with Crippen molar-refractivity contribution in [2.75, 3.05) is 10.6 Å². The smallest absolute Gasteiger partial charge is 0.232 e. The van der Waals surface area contributed by atoms with Crippen molar-refractivity contribution in [3.8, 4) is 11.4 Å². The second-order valence-electron chi connectivity index (χ2n) is 5.62. The van der Waals surface area contributed by atoms with Crippen molar-refractivity contribution in [1.29, 1.82) is 0 Å². The first-order chi connectivity index (χ1) is 11.6. The Morgan fingerprint density at radius 3 is 2.25 bits per heavy atom. The summed E-state index contributed by atoms with van der Waals surface area (Å²) in [4.78, 5) is 21.7.